The van der Waals surface area contributed by atoms with Gasteiger partial charge in [0.15, 0.2) is 0 Å². The van der Waals surface area contributed by atoms with Crippen molar-refractivity contribution in [1.82, 2.24) is 9.97 Å². The molecule has 0 unspecified atom stereocenters. The molecule has 0 spiro atoms. The second-order valence-electron chi connectivity index (χ2n) is 4.99. The van der Waals surface area contributed by atoms with Gasteiger partial charge in [0, 0.05) is 19.3 Å². The molecule has 0 N–H and O–H groups in total. The molecule has 0 atom stereocenters. The summed E-state index contributed by atoms with van der Waals surface area (Å²) in [6.45, 7) is 3.14. The Morgan fingerprint density at radius 1 is 1.09 bits per heavy atom. The van der Waals surface area contributed by atoms with E-state index in [9.17, 15) is 0 Å². The van der Waals surface area contributed by atoms with Crippen LogP contribution in [0, 0.1) is 0 Å². The van der Waals surface area contributed by atoms with Gasteiger partial charge in [0.25, 0.3) is 0 Å². The molecule has 1 saturated heterocycles. The summed E-state index contributed by atoms with van der Waals surface area (Å²) in [5.41, 5.74) is 2.00. The molecule has 3 rings (SSSR count). The van der Waals surface area contributed by atoms with Crippen LogP contribution < -0.4 is 9.64 Å². The van der Waals surface area contributed by atoms with Crippen LogP contribution in [0.2, 0.25) is 0 Å². The molecule has 2 aromatic rings. The highest BCUT2D eigenvalue weighted by atomic mass is 16.5. The van der Waals surface area contributed by atoms with E-state index < -0.39 is 0 Å². The van der Waals surface area contributed by atoms with Gasteiger partial charge in [-0.05, 0) is 29.8 Å². The van der Waals surface area contributed by atoms with Gasteiger partial charge >= 0.3 is 0 Å². The highest BCUT2D eigenvalue weighted by Crippen LogP contribution is 2.15. The molecule has 1 aromatic carbocycles. The molecule has 1 fully saturated rings. The minimum Gasteiger partial charge on any atom is -0.497 e. The van der Waals surface area contributed by atoms with Crippen LogP contribution in [0.15, 0.2) is 36.5 Å². The minimum absolute atomic E-state index is 0.731. The minimum atomic E-state index is 0.731. The smallest absolute Gasteiger partial charge is 0.225 e. The molecule has 2 heterocycles. The number of benzene rings is 1. The lowest BCUT2D eigenvalue weighted by atomic mass is 10.2. The van der Waals surface area contributed by atoms with Crippen molar-refractivity contribution in [2.24, 2.45) is 0 Å². The van der Waals surface area contributed by atoms with E-state index in [2.05, 4.69) is 14.9 Å². The first kappa shape index (κ1) is 14.5. The highest BCUT2D eigenvalue weighted by molar-refractivity contribution is 5.68. The van der Waals surface area contributed by atoms with Gasteiger partial charge in [0.1, 0.15) is 5.75 Å². The average Bonchev–Trinajstić information content (AvgIpc) is 2.61. The number of nitrogens with zero attached hydrogens (tertiary/aromatic N) is 3. The molecule has 1 aliphatic rings. The van der Waals surface area contributed by atoms with Gasteiger partial charge in [0.05, 0.1) is 26.0 Å². The Bertz CT molecular complexity index is 635. The zero-order chi connectivity index (χ0) is 15.2. The van der Waals surface area contributed by atoms with Gasteiger partial charge < -0.3 is 14.4 Å². The largest absolute Gasteiger partial charge is 0.497 e. The topological polar surface area (TPSA) is 47.5 Å². The number of methoxy groups -OCH3 is 1. The van der Waals surface area contributed by atoms with Crippen LogP contribution in [-0.4, -0.2) is 43.4 Å². The number of aromatic nitrogens is 2. The van der Waals surface area contributed by atoms with Crippen molar-refractivity contribution in [3.63, 3.8) is 0 Å². The Morgan fingerprint density at radius 2 is 1.86 bits per heavy atom. The van der Waals surface area contributed by atoms with E-state index in [-0.39, 0.29) is 0 Å². The molecule has 1 aromatic heterocycles. The SMILES string of the molecule is COc1ccc(/C=C/c2ccnc(N3CCOCC3)n2)cc1. The summed E-state index contributed by atoms with van der Waals surface area (Å²) >= 11 is 0. The van der Waals surface area contributed by atoms with Crippen molar-refractivity contribution in [2.75, 3.05) is 38.3 Å². The van der Waals surface area contributed by atoms with E-state index in [1.54, 1.807) is 13.3 Å². The third-order valence-corrected chi connectivity index (χ3v) is 3.52. The second-order valence-corrected chi connectivity index (χ2v) is 4.99. The first-order chi connectivity index (χ1) is 10.8. The third-order valence-electron chi connectivity index (χ3n) is 3.52. The molecule has 22 heavy (non-hydrogen) atoms. The van der Waals surface area contributed by atoms with Crippen LogP contribution in [0.3, 0.4) is 0 Å². The number of hydrogen-bond acceptors (Lipinski definition) is 5. The monoisotopic (exact) mass is 297 g/mol. The van der Waals surface area contributed by atoms with Gasteiger partial charge in [-0.3, -0.25) is 0 Å². The fourth-order valence-electron chi connectivity index (χ4n) is 2.27. The zero-order valence-corrected chi connectivity index (χ0v) is 12.6. The van der Waals surface area contributed by atoms with E-state index in [4.69, 9.17) is 9.47 Å². The lowest BCUT2D eigenvalue weighted by Crippen LogP contribution is -2.37. The third kappa shape index (κ3) is 3.62. The van der Waals surface area contributed by atoms with Gasteiger partial charge in [-0.25, -0.2) is 9.97 Å². The molecule has 0 amide bonds. The lowest BCUT2D eigenvalue weighted by molar-refractivity contribution is 0.122. The molecular formula is C17H19N3O2. The van der Waals surface area contributed by atoms with Crippen LogP contribution in [-0.2, 0) is 4.74 Å². The zero-order valence-electron chi connectivity index (χ0n) is 12.6. The predicted octanol–water partition coefficient (Wildman–Crippen LogP) is 2.49. The molecule has 0 aliphatic carbocycles. The van der Waals surface area contributed by atoms with Crippen LogP contribution in [0.5, 0.6) is 5.75 Å². The summed E-state index contributed by atoms with van der Waals surface area (Å²) in [5.74, 6) is 1.62. The van der Waals surface area contributed by atoms with Crippen molar-refractivity contribution in [2.45, 2.75) is 0 Å². The van der Waals surface area contributed by atoms with Gasteiger partial charge in [-0.15, -0.1) is 0 Å². The molecule has 5 nitrogen and oxygen atoms in total. The number of ether oxygens (including phenoxy) is 2. The molecule has 5 heteroatoms. The molecule has 0 radical (unpaired) electrons. The molecule has 0 saturated carbocycles. The first-order valence-electron chi connectivity index (χ1n) is 7.33. The van der Waals surface area contributed by atoms with Crippen molar-refractivity contribution in [1.29, 1.82) is 0 Å². The van der Waals surface area contributed by atoms with Gasteiger partial charge in [-0.1, -0.05) is 18.2 Å². The molecule has 0 bridgehead atoms. The maximum atomic E-state index is 5.35. The Balaban J connectivity index is 1.72. The normalized spacial score (nSPS) is 15.2. The van der Waals surface area contributed by atoms with E-state index in [1.807, 2.05) is 42.5 Å². The lowest BCUT2D eigenvalue weighted by Gasteiger charge is -2.26. The van der Waals surface area contributed by atoms with Crippen LogP contribution in [0.4, 0.5) is 5.95 Å². The van der Waals surface area contributed by atoms with E-state index >= 15 is 0 Å². The van der Waals surface area contributed by atoms with E-state index in [0.29, 0.717) is 0 Å². The quantitative estimate of drug-likeness (QED) is 0.867. The van der Waals surface area contributed by atoms with E-state index in [1.165, 1.54) is 0 Å². The second kappa shape index (κ2) is 7.04. The Kier molecular flexibility index (Phi) is 4.65. The van der Waals surface area contributed by atoms with Crippen LogP contribution in [0.1, 0.15) is 11.3 Å². The summed E-state index contributed by atoms with van der Waals surface area (Å²) in [4.78, 5) is 11.1. The number of morpholine rings is 1. The maximum absolute atomic E-state index is 5.35. The number of rotatable bonds is 4. The number of hydrogen-bond donors (Lipinski definition) is 0. The highest BCUT2D eigenvalue weighted by Gasteiger charge is 2.13. The van der Waals surface area contributed by atoms with Crippen molar-refractivity contribution in [3.8, 4) is 5.75 Å². The Morgan fingerprint density at radius 3 is 2.59 bits per heavy atom. The average molecular weight is 297 g/mol. The van der Waals surface area contributed by atoms with Crippen LogP contribution >= 0.6 is 0 Å². The first-order valence-corrected chi connectivity index (χ1v) is 7.33. The van der Waals surface area contributed by atoms with Crippen molar-refractivity contribution in [3.05, 3.63) is 47.8 Å². The van der Waals surface area contributed by atoms with Crippen molar-refractivity contribution >= 4 is 18.1 Å². The van der Waals surface area contributed by atoms with Gasteiger partial charge in [-0.2, -0.15) is 0 Å². The fraction of sp³-hybridized carbons (Fsp3) is 0.294. The standard InChI is InChI=1S/C17H19N3O2/c1-21-16-6-3-14(4-7-16)2-5-15-8-9-18-17(19-15)20-10-12-22-13-11-20/h2-9H,10-13H2,1H3/b5-2+. The molecule has 1 aliphatic heterocycles. The molecular weight excluding hydrogens is 278 g/mol. The Hall–Kier alpha value is -2.40. The summed E-state index contributed by atoms with van der Waals surface area (Å²) < 4.78 is 10.5. The van der Waals surface area contributed by atoms with Gasteiger partial charge in [0.2, 0.25) is 5.95 Å². The Labute approximate surface area is 130 Å². The maximum Gasteiger partial charge on any atom is 0.225 e. The van der Waals surface area contributed by atoms with Crippen LogP contribution in [0.25, 0.3) is 12.2 Å². The summed E-state index contributed by atoms with van der Waals surface area (Å²) in [7, 11) is 1.67. The summed E-state index contributed by atoms with van der Waals surface area (Å²) in [5, 5.41) is 0. The van der Waals surface area contributed by atoms with Crippen molar-refractivity contribution < 1.29 is 9.47 Å². The fourth-order valence-corrected chi connectivity index (χ4v) is 2.27. The number of anilines is 1. The van der Waals surface area contributed by atoms with E-state index in [0.717, 1.165) is 49.3 Å². The summed E-state index contributed by atoms with van der Waals surface area (Å²) in [6, 6.07) is 9.82. The molecule has 114 valence electrons. The predicted molar refractivity (Wildman–Crippen MR) is 87.0 cm³/mol. The summed E-state index contributed by atoms with van der Waals surface area (Å²) in [6.07, 6.45) is 5.82.